The van der Waals surface area contributed by atoms with Gasteiger partial charge in [0.1, 0.15) is 0 Å². The molecule has 1 atom stereocenters. The molecule has 0 bridgehead atoms. The van der Waals surface area contributed by atoms with Gasteiger partial charge in [-0.2, -0.15) is 0 Å². The van der Waals surface area contributed by atoms with E-state index < -0.39 is 4.92 Å². The monoisotopic (exact) mass is 238 g/mol. The maximum atomic E-state index is 11.2. The fourth-order valence-corrected chi connectivity index (χ4v) is 1.49. The van der Waals surface area contributed by atoms with Crippen molar-refractivity contribution in [3.8, 4) is 0 Å². The van der Waals surface area contributed by atoms with Crippen molar-refractivity contribution in [1.82, 2.24) is 5.32 Å². The molecule has 0 saturated heterocycles. The van der Waals surface area contributed by atoms with E-state index in [1.807, 2.05) is 0 Å². The highest BCUT2D eigenvalue weighted by molar-refractivity contribution is 5.70. The molecule has 0 radical (unpaired) electrons. The Morgan fingerprint density at radius 3 is 2.82 bits per heavy atom. The van der Waals surface area contributed by atoms with Crippen molar-refractivity contribution in [3.63, 3.8) is 0 Å². The number of carbonyl (C=O) groups is 1. The Bertz CT molecular complexity index is 420. The molecule has 0 aliphatic heterocycles. The summed E-state index contributed by atoms with van der Waals surface area (Å²) in [6.45, 7) is 0. The lowest BCUT2D eigenvalue weighted by Gasteiger charge is -2.14. The van der Waals surface area contributed by atoms with E-state index in [0.29, 0.717) is 5.56 Å². The van der Waals surface area contributed by atoms with Gasteiger partial charge in [0.05, 0.1) is 18.5 Å². The van der Waals surface area contributed by atoms with Crippen molar-refractivity contribution in [2.45, 2.75) is 12.5 Å². The van der Waals surface area contributed by atoms with Crippen molar-refractivity contribution >= 4 is 11.7 Å². The van der Waals surface area contributed by atoms with E-state index in [1.165, 1.54) is 19.2 Å². The quantitative estimate of drug-likeness (QED) is 0.476. The topological polar surface area (TPSA) is 81.5 Å². The van der Waals surface area contributed by atoms with Gasteiger partial charge >= 0.3 is 5.97 Å². The van der Waals surface area contributed by atoms with Gasteiger partial charge in [0.15, 0.2) is 0 Å². The molecule has 0 spiro atoms. The van der Waals surface area contributed by atoms with Crippen LogP contribution in [0.2, 0.25) is 0 Å². The van der Waals surface area contributed by atoms with Crippen LogP contribution in [0.4, 0.5) is 5.69 Å². The third-order valence-electron chi connectivity index (χ3n) is 2.43. The van der Waals surface area contributed by atoms with Crippen LogP contribution < -0.4 is 5.32 Å². The van der Waals surface area contributed by atoms with Crippen LogP contribution in [0, 0.1) is 10.1 Å². The van der Waals surface area contributed by atoms with Crippen LogP contribution in [-0.2, 0) is 9.53 Å². The van der Waals surface area contributed by atoms with Gasteiger partial charge in [0, 0.05) is 18.2 Å². The Balaban J connectivity index is 2.91. The normalized spacial score (nSPS) is 11.9. The van der Waals surface area contributed by atoms with Crippen molar-refractivity contribution in [2.24, 2.45) is 0 Å². The average Bonchev–Trinajstić information content (AvgIpc) is 2.35. The number of nitro groups is 1. The number of esters is 1. The Morgan fingerprint density at radius 1 is 1.59 bits per heavy atom. The largest absolute Gasteiger partial charge is 0.469 e. The fraction of sp³-hybridized carbons (Fsp3) is 0.364. The lowest BCUT2D eigenvalue weighted by Crippen LogP contribution is -2.20. The molecule has 0 aliphatic carbocycles. The molecule has 0 aliphatic rings. The molecule has 1 aromatic rings. The molecular formula is C11H14N2O4. The number of nitro benzene ring substituents is 1. The summed E-state index contributed by atoms with van der Waals surface area (Å²) in [7, 11) is 2.99. The Labute approximate surface area is 98.7 Å². The van der Waals surface area contributed by atoms with E-state index in [0.717, 1.165) is 0 Å². The van der Waals surface area contributed by atoms with Gasteiger partial charge in [-0.3, -0.25) is 14.9 Å². The van der Waals surface area contributed by atoms with Gasteiger partial charge in [-0.25, -0.2) is 0 Å². The Kier molecular flexibility index (Phi) is 4.59. The van der Waals surface area contributed by atoms with E-state index in [9.17, 15) is 14.9 Å². The predicted molar refractivity (Wildman–Crippen MR) is 61.5 cm³/mol. The van der Waals surface area contributed by atoms with Crippen molar-refractivity contribution in [3.05, 3.63) is 39.9 Å². The zero-order chi connectivity index (χ0) is 12.8. The number of nitrogens with zero attached hydrogens (tertiary/aromatic N) is 1. The van der Waals surface area contributed by atoms with Gasteiger partial charge in [-0.15, -0.1) is 0 Å². The van der Waals surface area contributed by atoms with E-state index in [1.54, 1.807) is 19.2 Å². The van der Waals surface area contributed by atoms with Gasteiger partial charge in [-0.05, 0) is 12.6 Å². The third-order valence-corrected chi connectivity index (χ3v) is 2.43. The molecule has 1 N–H and O–H groups in total. The summed E-state index contributed by atoms with van der Waals surface area (Å²) in [4.78, 5) is 21.3. The molecule has 1 rings (SSSR count). The van der Waals surface area contributed by atoms with Gasteiger partial charge < -0.3 is 10.1 Å². The number of carbonyl (C=O) groups excluding carboxylic acids is 1. The summed E-state index contributed by atoms with van der Waals surface area (Å²) in [6, 6.07) is 5.90. The molecule has 1 aromatic carbocycles. The second kappa shape index (κ2) is 5.95. The van der Waals surface area contributed by atoms with E-state index in [-0.39, 0.29) is 24.1 Å². The first-order chi connectivity index (χ1) is 8.08. The number of hydrogen-bond donors (Lipinski definition) is 1. The molecule has 0 amide bonds. The second-order valence-electron chi connectivity index (χ2n) is 3.47. The first-order valence-electron chi connectivity index (χ1n) is 5.07. The minimum absolute atomic E-state index is 0.00705. The fourth-order valence-electron chi connectivity index (χ4n) is 1.49. The number of ether oxygens (including phenoxy) is 1. The zero-order valence-electron chi connectivity index (χ0n) is 9.67. The first-order valence-corrected chi connectivity index (χ1v) is 5.07. The van der Waals surface area contributed by atoms with Crippen LogP contribution in [0.25, 0.3) is 0 Å². The summed E-state index contributed by atoms with van der Waals surface area (Å²) in [6.07, 6.45) is 0.133. The van der Waals surface area contributed by atoms with Crippen LogP contribution in [0.3, 0.4) is 0 Å². The van der Waals surface area contributed by atoms with Crippen molar-refractivity contribution in [1.29, 1.82) is 0 Å². The van der Waals surface area contributed by atoms with Crippen LogP contribution >= 0.6 is 0 Å². The molecule has 0 heterocycles. The minimum atomic E-state index is -0.464. The molecule has 0 aromatic heterocycles. The van der Waals surface area contributed by atoms with E-state index in [2.05, 4.69) is 10.1 Å². The number of rotatable bonds is 5. The van der Waals surface area contributed by atoms with E-state index in [4.69, 9.17) is 0 Å². The maximum Gasteiger partial charge on any atom is 0.307 e. The number of methoxy groups -OCH3 is 1. The lowest BCUT2D eigenvalue weighted by molar-refractivity contribution is -0.384. The molecule has 0 saturated carbocycles. The highest BCUT2D eigenvalue weighted by atomic mass is 16.6. The first kappa shape index (κ1) is 13.1. The van der Waals surface area contributed by atoms with Gasteiger partial charge in [0.2, 0.25) is 0 Å². The Morgan fingerprint density at radius 2 is 2.29 bits per heavy atom. The standard InChI is InChI=1S/C11H14N2O4/c1-12-10(7-11(14)17-2)8-4-3-5-9(6-8)13(15)16/h3-6,10,12H,7H2,1-2H3. The Hall–Kier alpha value is -1.95. The van der Waals surface area contributed by atoms with Crippen molar-refractivity contribution in [2.75, 3.05) is 14.2 Å². The van der Waals surface area contributed by atoms with E-state index >= 15 is 0 Å². The third kappa shape index (κ3) is 3.53. The maximum absolute atomic E-state index is 11.2. The minimum Gasteiger partial charge on any atom is -0.469 e. The number of non-ortho nitro benzene ring substituents is 1. The summed E-state index contributed by atoms with van der Waals surface area (Å²) in [5.41, 5.74) is 0.694. The summed E-state index contributed by atoms with van der Waals surface area (Å²) < 4.78 is 4.57. The van der Waals surface area contributed by atoms with Crippen molar-refractivity contribution < 1.29 is 14.5 Å². The average molecular weight is 238 g/mol. The molecule has 92 valence electrons. The molecule has 1 unspecified atom stereocenters. The number of benzene rings is 1. The number of nitrogens with one attached hydrogen (secondary N) is 1. The molecule has 17 heavy (non-hydrogen) atoms. The van der Waals surface area contributed by atoms with Crippen LogP contribution in [0.15, 0.2) is 24.3 Å². The number of hydrogen-bond acceptors (Lipinski definition) is 5. The predicted octanol–water partition coefficient (Wildman–Crippen LogP) is 1.42. The summed E-state index contributed by atoms with van der Waals surface area (Å²) >= 11 is 0. The highest BCUT2D eigenvalue weighted by Gasteiger charge is 2.16. The highest BCUT2D eigenvalue weighted by Crippen LogP contribution is 2.21. The lowest BCUT2D eigenvalue weighted by atomic mass is 10.0. The zero-order valence-corrected chi connectivity index (χ0v) is 9.67. The van der Waals surface area contributed by atoms with Crippen LogP contribution in [0.5, 0.6) is 0 Å². The summed E-state index contributed by atoms with van der Waals surface area (Å²) in [5.74, 6) is -0.365. The van der Waals surface area contributed by atoms with Gasteiger partial charge in [-0.1, -0.05) is 12.1 Å². The molecule has 6 heteroatoms. The second-order valence-corrected chi connectivity index (χ2v) is 3.47. The SMILES string of the molecule is CNC(CC(=O)OC)c1cccc([N+](=O)[O-])c1. The molecular weight excluding hydrogens is 224 g/mol. The molecule has 6 nitrogen and oxygen atoms in total. The van der Waals surface area contributed by atoms with Gasteiger partial charge in [0.25, 0.3) is 5.69 Å². The molecule has 0 fully saturated rings. The summed E-state index contributed by atoms with van der Waals surface area (Å²) in [5, 5.41) is 13.6. The van der Waals surface area contributed by atoms with Crippen LogP contribution in [0.1, 0.15) is 18.0 Å². The van der Waals surface area contributed by atoms with Crippen LogP contribution in [-0.4, -0.2) is 25.1 Å². The smallest absolute Gasteiger partial charge is 0.307 e.